The maximum Gasteiger partial charge on any atom is 0.112 e. The molecule has 0 bridgehead atoms. The summed E-state index contributed by atoms with van der Waals surface area (Å²) in [5.74, 6) is 1.59. The summed E-state index contributed by atoms with van der Waals surface area (Å²) in [6.07, 6.45) is 6.49. The summed E-state index contributed by atoms with van der Waals surface area (Å²) in [4.78, 5) is 4.76. The van der Waals surface area contributed by atoms with Gasteiger partial charge in [-0.1, -0.05) is 52.5 Å². The van der Waals surface area contributed by atoms with E-state index in [-0.39, 0.29) is 0 Å². The van der Waals surface area contributed by atoms with Gasteiger partial charge in [0, 0.05) is 12.5 Å². The molecule has 0 aliphatic heterocycles. The first-order valence-electron chi connectivity index (χ1n) is 7.89. The number of imidazole rings is 1. The molecule has 0 aliphatic rings. The monoisotopic (exact) mass is 273 g/mol. The minimum absolute atomic E-state index is 0.428. The zero-order chi connectivity index (χ0) is 14.5. The molecule has 0 radical (unpaired) electrons. The Bertz CT molecular complexity index is 555. The fourth-order valence-corrected chi connectivity index (χ4v) is 2.74. The van der Waals surface area contributed by atoms with E-state index in [2.05, 4.69) is 31.4 Å². The highest BCUT2D eigenvalue weighted by atomic mass is 15.1. The molecule has 0 spiro atoms. The number of unbranched alkanes of at least 4 members (excludes halogenated alkanes) is 4. The lowest BCUT2D eigenvalue weighted by atomic mass is 10.1. The average Bonchev–Trinajstić information content (AvgIpc) is 2.79. The summed E-state index contributed by atoms with van der Waals surface area (Å²) in [6.45, 7) is 7.70. The number of hydrogen-bond acceptors (Lipinski definition) is 2. The number of benzene rings is 1. The van der Waals surface area contributed by atoms with Crippen molar-refractivity contribution in [3.8, 4) is 0 Å². The summed E-state index contributed by atoms with van der Waals surface area (Å²) in [7, 11) is 0. The van der Waals surface area contributed by atoms with Crippen LogP contribution in [0, 0.1) is 0 Å². The van der Waals surface area contributed by atoms with Crippen molar-refractivity contribution in [1.82, 2.24) is 9.55 Å². The van der Waals surface area contributed by atoms with Crippen molar-refractivity contribution in [3.63, 3.8) is 0 Å². The number of rotatable bonds is 7. The predicted octanol–water partition coefficient (Wildman–Crippen LogP) is 4.71. The van der Waals surface area contributed by atoms with Gasteiger partial charge < -0.3 is 10.3 Å². The molecule has 3 heteroatoms. The molecule has 0 amide bonds. The number of fused-ring (bicyclic) bond motifs is 1. The van der Waals surface area contributed by atoms with E-state index in [1.54, 1.807) is 0 Å². The van der Waals surface area contributed by atoms with E-state index in [1.165, 1.54) is 37.6 Å². The molecule has 2 rings (SSSR count). The molecule has 0 fully saturated rings. The molecule has 1 aromatic carbocycles. The van der Waals surface area contributed by atoms with Crippen LogP contribution in [-0.4, -0.2) is 9.55 Å². The largest absolute Gasteiger partial charge is 0.397 e. The van der Waals surface area contributed by atoms with Crippen LogP contribution < -0.4 is 5.73 Å². The van der Waals surface area contributed by atoms with Gasteiger partial charge in [-0.2, -0.15) is 0 Å². The Morgan fingerprint density at radius 3 is 2.60 bits per heavy atom. The van der Waals surface area contributed by atoms with E-state index >= 15 is 0 Å². The normalized spacial score (nSPS) is 11.6. The second kappa shape index (κ2) is 6.78. The van der Waals surface area contributed by atoms with Crippen LogP contribution in [0.3, 0.4) is 0 Å². The molecule has 2 aromatic rings. The summed E-state index contributed by atoms with van der Waals surface area (Å²) < 4.78 is 2.36. The van der Waals surface area contributed by atoms with E-state index in [0.29, 0.717) is 5.92 Å². The number of hydrogen-bond donors (Lipinski definition) is 1. The van der Waals surface area contributed by atoms with Crippen LogP contribution in [0.1, 0.15) is 64.6 Å². The van der Waals surface area contributed by atoms with Gasteiger partial charge in [-0.05, 0) is 18.6 Å². The lowest BCUT2D eigenvalue weighted by molar-refractivity contribution is 0.552. The van der Waals surface area contributed by atoms with Gasteiger partial charge in [0.1, 0.15) is 11.3 Å². The van der Waals surface area contributed by atoms with Gasteiger partial charge >= 0.3 is 0 Å². The topological polar surface area (TPSA) is 43.8 Å². The third-order valence-electron chi connectivity index (χ3n) is 3.84. The van der Waals surface area contributed by atoms with Crippen molar-refractivity contribution < 1.29 is 0 Å². The Labute approximate surface area is 122 Å². The van der Waals surface area contributed by atoms with Crippen molar-refractivity contribution in [2.45, 2.75) is 65.3 Å². The Balaban J connectivity index is 2.21. The molecule has 110 valence electrons. The van der Waals surface area contributed by atoms with Crippen molar-refractivity contribution in [2.75, 3.05) is 5.73 Å². The zero-order valence-electron chi connectivity index (χ0n) is 13.0. The van der Waals surface area contributed by atoms with Crippen molar-refractivity contribution >= 4 is 16.7 Å². The lowest BCUT2D eigenvalue weighted by Crippen LogP contribution is -2.05. The van der Waals surface area contributed by atoms with Crippen molar-refractivity contribution in [2.24, 2.45) is 0 Å². The van der Waals surface area contributed by atoms with Crippen LogP contribution in [0.15, 0.2) is 18.2 Å². The maximum absolute atomic E-state index is 6.06. The molecule has 20 heavy (non-hydrogen) atoms. The average molecular weight is 273 g/mol. The molecule has 1 aromatic heterocycles. The molecule has 0 aliphatic carbocycles. The first-order valence-corrected chi connectivity index (χ1v) is 7.89. The highest BCUT2D eigenvalue weighted by molar-refractivity contribution is 5.87. The molecule has 0 saturated carbocycles. The number of aromatic nitrogens is 2. The van der Waals surface area contributed by atoms with E-state index in [1.807, 2.05) is 12.1 Å². The highest BCUT2D eigenvalue weighted by Gasteiger charge is 2.14. The van der Waals surface area contributed by atoms with E-state index in [9.17, 15) is 0 Å². The van der Waals surface area contributed by atoms with E-state index in [4.69, 9.17) is 10.7 Å². The Kier molecular flexibility index (Phi) is 5.05. The second-order valence-corrected chi connectivity index (χ2v) is 5.91. The van der Waals surface area contributed by atoms with Gasteiger partial charge in [0.05, 0.1) is 11.2 Å². The number of para-hydroxylation sites is 1. The molecular formula is C17H27N3. The summed E-state index contributed by atoms with van der Waals surface area (Å²) in [6, 6.07) is 6.10. The van der Waals surface area contributed by atoms with E-state index < -0.39 is 0 Å². The van der Waals surface area contributed by atoms with Crippen LogP contribution in [0.25, 0.3) is 11.0 Å². The SMILES string of the molecule is CCCCCCCn1c(C(C)C)nc2c(N)cccc21. The minimum Gasteiger partial charge on any atom is -0.397 e. The number of nitrogen functional groups attached to an aromatic ring is 1. The maximum atomic E-state index is 6.06. The third kappa shape index (κ3) is 3.14. The Hall–Kier alpha value is -1.51. The number of anilines is 1. The summed E-state index contributed by atoms with van der Waals surface area (Å²) in [5.41, 5.74) is 8.99. The standard InChI is InChI=1S/C17H27N3/c1-4-5-6-7-8-12-20-15-11-9-10-14(18)16(15)19-17(20)13(2)3/h9-11,13H,4-8,12,18H2,1-3H3. The fourth-order valence-electron chi connectivity index (χ4n) is 2.74. The van der Waals surface area contributed by atoms with Crippen LogP contribution >= 0.6 is 0 Å². The van der Waals surface area contributed by atoms with Crippen molar-refractivity contribution in [1.29, 1.82) is 0 Å². The van der Waals surface area contributed by atoms with Gasteiger partial charge in [-0.3, -0.25) is 0 Å². The van der Waals surface area contributed by atoms with Crippen LogP contribution in [0.4, 0.5) is 5.69 Å². The predicted molar refractivity (Wildman–Crippen MR) is 87.0 cm³/mol. The Morgan fingerprint density at radius 1 is 1.15 bits per heavy atom. The van der Waals surface area contributed by atoms with Crippen LogP contribution in [0.2, 0.25) is 0 Å². The number of nitrogens with zero attached hydrogens (tertiary/aromatic N) is 2. The van der Waals surface area contributed by atoms with E-state index in [0.717, 1.165) is 23.6 Å². The van der Waals surface area contributed by atoms with Gasteiger partial charge in [0.2, 0.25) is 0 Å². The van der Waals surface area contributed by atoms with Gasteiger partial charge in [-0.15, -0.1) is 0 Å². The molecule has 0 saturated heterocycles. The highest BCUT2D eigenvalue weighted by Crippen LogP contribution is 2.26. The number of nitrogens with two attached hydrogens (primary N) is 1. The first-order chi connectivity index (χ1) is 9.65. The molecular weight excluding hydrogens is 246 g/mol. The molecule has 0 unspecified atom stereocenters. The minimum atomic E-state index is 0.428. The summed E-state index contributed by atoms with van der Waals surface area (Å²) in [5, 5.41) is 0. The van der Waals surface area contributed by atoms with Crippen LogP contribution in [0.5, 0.6) is 0 Å². The molecule has 2 N–H and O–H groups in total. The lowest BCUT2D eigenvalue weighted by Gasteiger charge is -2.11. The molecule has 3 nitrogen and oxygen atoms in total. The summed E-state index contributed by atoms with van der Waals surface area (Å²) >= 11 is 0. The first kappa shape index (κ1) is 14.9. The van der Waals surface area contributed by atoms with Gasteiger partial charge in [0.25, 0.3) is 0 Å². The van der Waals surface area contributed by atoms with Gasteiger partial charge in [-0.25, -0.2) is 4.98 Å². The smallest absolute Gasteiger partial charge is 0.112 e. The fraction of sp³-hybridized carbons (Fsp3) is 0.588. The quantitative estimate of drug-likeness (QED) is 0.586. The zero-order valence-corrected chi connectivity index (χ0v) is 13.0. The van der Waals surface area contributed by atoms with Gasteiger partial charge in [0.15, 0.2) is 0 Å². The third-order valence-corrected chi connectivity index (χ3v) is 3.84. The number of aryl methyl sites for hydroxylation is 1. The molecule has 1 heterocycles. The van der Waals surface area contributed by atoms with Crippen molar-refractivity contribution in [3.05, 3.63) is 24.0 Å². The Morgan fingerprint density at radius 2 is 1.90 bits per heavy atom. The van der Waals surface area contributed by atoms with Crippen LogP contribution in [-0.2, 0) is 6.54 Å². The second-order valence-electron chi connectivity index (χ2n) is 5.91. The molecule has 0 atom stereocenters.